The average Bonchev–Trinajstić information content (AvgIpc) is 3.05. The third-order valence-electron chi connectivity index (χ3n) is 8.42. The van der Waals surface area contributed by atoms with Crippen molar-refractivity contribution in [3.05, 3.63) is 101 Å². The zero-order chi connectivity index (χ0) is 27.1. The van der Waals surface area contributed by atoms with E-state index in [1.165, 1.54) is 62.8 Å². The summed E-state index contributed by atoms with van der Waals surface area (Å²) in [5.41, 5.74) is 10.5. The Balaban J connectivity index is 1.59. The molecule has 3 unspecified atom stereocenters. The molecule has 0 radical (unpaired) electrons. The summed E-state index contributed by atoms with van der Waals surface area (Å²) >= 11 is 6.45. The van der Waals surface area contributed by atoms with Crippen molar-refractivity contribution in [3.8, 4) is 11.1 Å². The minimum absolute atomic E-state index is 0.0647. The molecule has 0 saturated heterocycles. The van der Waals surface area contributed by atoms with Crippen LogP contribution in [0.1, 0.15) is 69.8 Å². The molecule has 1 nitrogen and oxygen atoms in total. The van der Waals surface area contributed by atoms with E-state index in [1.54, 1.807) is 25.0 Å². The molecule has 2 aromatic carbocycles. The molecule has 196 valence electrons. The van der Waals surface area contributed by atoms with Crippen LogP contribution in [0, 0.1) is 35.8 Å². The molecule has 3 aromatic rings. The van der Waals surface area contributed by atoms with Gasteiger partial charge in [-0.15, -0.1) is 0 Å². The summed E-state index contributed by atoms with van der Waals surface area (Å²) in [6.07, 6.45) is 24.2. The second-order valence-corrected chi connectivity index (χ2v) is 13.4. The summed E-state index contributed by atoms with van der Waals surface area (Å²) in [5, 5.41) is 1.55. The number of fused-ring (bicyclic) bond motifs is 3. The Kier molecular flexibility index (Phi) is 7.83. The maximum absolute atomic E-state index is 4.77. The summed E-state index contributed by atoms with van der Waals surface area (Å²) in [6, 6.07) is 14.0. The molecule has 1 aromatic heterocycles. The van der Waals surface area contributed by atoms with Crippen LogP contribution >= 0.6 is 12.6 Å². The number of nitrogens with zero attached hydrogens (tertiary/aromatic N) is 1. The molecular weight excluding hydrogens is 676 g/mol. The van der Waals surface area contributed by atoms with Gasteiger partial charge in [0.2, 0.25) is 0 Å². The van der Waals surface area contributed by atoms with E-state index in [2.05, 4.69) is 128 Å². The summed E-state index contributed by atoms with van der Waals surface area (Å²) in [5.74, 6) is 0. The molecule has 0 fully saturated rings. The van der Waals surface area contributed by atoms with Crippen LogP contribution in [0.15, 0.2) is 78.9 Å². The van der Waals surface area contributed by atoms with Crippen LogP contribution in [0.4, 0.5) is 0 Å². The van der Waals surface area contributed by atoms with Crippen LogP contribution in [0.2, 0.25) is 0 Å². The van der Waals surface area contributed by atoms with Gasteiger partial charge < -0.3 is 0 Å². The molecule has 2 aliphatic carbocycles. The van der Waals surface area contributed by atoms with Gasteiger partial charge in [0, 0.05) is 0 Å². The van der Waals surface area contributed by atoms with Crippen molar-refractivity contribution in [1.29, 1.82) is 0 Å². The Morgan fingerprint density at radius 3 is 2.39 bits per heavy atom. The number of hydrogen-bond donors (Lipinski definition) is 1. The number of benzene rings is 2. The zero-order valence-electron chi connectivity index (χ0n) is 23.1. The number of allylic oxidation sites excluding steroid dienone is 8. The van der Waals surface area contributed by atoms with Crippen LogP contribution in [0.25, 0.3) is 39.8 Å². The molecule has 1 heterocycles. The fourth-order valence-corrected chi connectivity index (χ4v) is 6.96. The Morgan fingerprint density at radius 1 is 0.921 bits per heavy atom. The minimum atomic E-state index is -0.0647. The van der Waals surface area contributed by atoms with Crippen molar-refractivity contribution in [1.82, 2.24) is 2.51 Å². The van der Waals surface area contributed by atoms with Gasteiger partial charge in [-0.3, -0.25) is 0 Å². The monoisotopic (exact) mass is 714 g/mol. The summed E-state index contributed by atoms with van der Waals surface area (Å²) in [4.78, 5) is 0. The molecule has 0 bridgehead atoms. The zero-order valence-corrected chi connectivity index (χ0v) is 27.0. The van der Waals surface area contributed by atoms with Gasteiger partial charge >= 0.3 is 224 Å². The van der Waals surface area contributed by atoms with E-state index >= 15 is 0 Å². The quantitative estimate of drug-likeness (QED) is 0.243. The van der Waals surface area contributed by atoms with Crippen LogP contribution in [-0.2, 0) is 6.42 Å². The van der Waals surface area contributed by atoms with E-state index in [0.29, 0.717) is 0 Å². The van der Waals surface area contributed by atoms with E-state index in [9.17, 15) is 0 Å². The first-order valence-corrected chi connectivity index (χ1v) is 15.6. The van der Waals surface area contributed by atoms with E-state index in [0.717, 1.165) is 6.42 Å². The second kappa shape index (κ2) is 10.8. The summed E-state index contributed by atoms with van der Waals surface area (Å²) < 4.78 is 2.37. The number of aryl methyl sites for hydroxylation is 1. The van der Waals surface area contributed by atoms with Crippen molar-refractivity contribution in [3.63, 3.8) is 0 Å². The number of rotatable bonds is 6. The molecule has 0 aliphatic heterocycles. The molecule has 0 spiro atoms. The van der Waals surface area contributed by atoms with Crippen LogP contribution in [-0.4, -0.2) is 7.76 Å². The number of aromatic nitrogens is 1. The third kappa shape index (κ3) is 5.10. The topological polar surface area (TPSA) is 4.93 Å². The molecule has 2 aliphatic rings. The van der Waals surface area contributed by atoms with Gasteiger partial charge in [0.15, 0.2) is 0 Å². The normalized spacial score (nSPS) is 23.3. The predicted molar refractivity (Wildman–Crippen MR) is 166 cm³/mol. The Labute approximate surface area is 249 Å². The van der Waals surface area contributed by atoms with E-state index in [1.807, 2.05) is 0 Å². The van der Waals surface area contributed by atoms with Gasteiger partial charge in [-0.25, -0.2) is 0 Å². The molecule has 3 atom stereocenters. The number of hydrogen-bond acceptors (Lipinski definition) is 1. The van der Waals surface area contributed by atoms with E-state index in [-0.39, 0.29) is 16.1 Å². The van der Waals surface area contributed by atoms with Gasteiger partial charge in [-0.1, -0.05) is 20.3 Å². The first-order valence-electron chi connectivity index (χ1n) is 13.8. The molecule has 3 heteroatoms. The fraction of sp³-hybridized carbons (Fsp3) is 0.314. The van der Waals surface area contributed by atoms with Crippen molar-refractivity contribution >= 4 is 41.3 Å². The van der Waals surface area contributed by atoms with Gasteiger partial charge in [-0.2, -0.15) is 0 Å². The van der Waals surface area contributed by atoms with E-state index in [4.69, 9.17) is 12.6 Å². The van der Waals surface area contributed by atoms with Gasteiger partial charge in [0.25, 0.3) is 0 Å². The fourth-order valence-electron chi connectivity index (χ4n) is 5.64. The third-order valence-corrected chi connectivity index (χ3v) is 10.4. The Hall–Kier alpha value is -2.09. The van der Waals surface area contributed by atoms with Gasteiger partial charge in [0.05, 0.1) is 0 Å². The summed E-state index contributed by atoms with van der Waals surface area (Å²) in [7, 11) is 0. The maximum atomic E-state index is 4.77. The average molecular weight is 715 g/mol. The van der Waals surface area contributed by atoms with Crippen molar-refractivity contribution < 1.29 is 25.0 Å². The standard InChI is InChI=1S/C35H38AtNS/c1-6-17-34(4)18-8-9-26(14-19-34)30-22-27(11-10-25(30)7-2)28-12-13-32-31(23-28)29-15-20-35(5,24(3)38)21-16-33(29)37(32)36/h8-16,18-24,38H,6-7,17H2,1-5H3. The van der Waals surface area contributed by atoms with Crippen LogP contribution < -0.4 is 0 Å². The SMILES string of the molecule is CCCC1(C)C=CC=C(c2cc(-c3ccc4c(c3)c3c(n4[At])C=CC(C)(C(C)S)C=C3)ccc2CC)C=C1. The molecule has 38 heavy (non-hydrogen) atoms. The first kappa shape index (κ1) is 27.5. The Bertz CT molecular complexity index is 1530. The van der Waals surface area contributed by atoms with Crippen LogP contribution in [0.5, 0.6) is 0 Å². The van der Waals surface area contributed by atoms with E-state index < -0.39 is 0 Å². The predicted octanol–water partition coefficient (Wildman–Crippen LogP) is 9.86. The van der Waals surface area contributed by atoms with Crippen LogP contribution in [0.3, 0.4) is 0 Å². The molecule has 0 amide bonds. The van der Waals surface area contributed by atoms with Crippen molar-refractivity contribution in [2.45, 2.75) is 59.1 Å². The number of thiol groups is 1. The molecule has 0 N–H and O–H groups in total. The van der Waals surface area contributed by atoms with Gasteiger partial charge in [-0.05, 0) is 6.42 Å². The van der Waals surface area contributed by atoms with Crippen molar-refractivity contribution in [2.24, 2.45) is 10.8 Å². The molecular formula is C35H38AtNS. The Morgan fingerprint density at radius 2 is 1.66 bits per heavy atom. The molecule has 5 rings (SSSR count). The second-order valence-electron chi connectivity index (χ2n) is 11.3. The van der Waals surface area contributed by atoms with Crippen molar-refractivity contribution in [2.75, 3.05) is 0 Å². The first-order chi connectivity index (χ1) is 18.2. The summed E-state index contributed by atoms with van der Waals surface area (Å²) in [6.45, 7) is 11.3. The van der Waals surface area contributed by atoms with Gasteiger partial charge in [0.1, 0.15) is 0 Å². The molecule has 0 saturated carbocycles.